The van der Waals surface area contributed by atoms with Gasteiger partial charge in [-0.1, -0.05) is 0 Å². The van der Waals surface area contributed by atoms with Crippen LogP contribution in [0.15, 0.2) is 18.2 Å². The summed E-state index contributed by atoms with van der Waals surface area (Å²) in [6, 6.07) is 2.50. The molecule has 2 amide bonds. The van der Waals surface area contributed by atoms with Crippen molar-refractivity contribution in [3.8, 4) is 0 Å². The molecule has 7 heteroatoms. The molecular formula is C16H18F2N2O3. The van der Waals surface area contributed by atoms with Gasteiger partial charge in [-0.3, -0.25) is 9.59 Å². The minimum Gasteiger partial charge on any atom is -0.383 e. The fraction of sp³-hybridized carbons (Fsp3) is 0.500. The molecule has 2 atom stereocenters. The zero-order valence-electron chi connectivity index (χ0n) is 12.8. The lowest BCUT2D eigenvalue weighted by Gasteiger charge is -2.25. The summed E-state index contributed by atoms with van der Waals surface area (Å²) in [6.45, 7) is 1.41. The summed E-state index contributed by atoms with van der Waals surface area (Å²) < 4.78 is 31.7. The van der Waals surface area contributed by atoms with Crippen LogP contribution in [-0.4, -0.2) is 60.5 Å². The zero-order chi connectivity index (χ0) is 16.6. The predicted octanol–water partition coefficient (Wildman–Crippen LogP) is 1.43. The van der Waals surface area contributed by atoms with E-state index in [9.17, 15) is 18.4 Å². The highest BCUT2D eigenvalue weighted by atomic mass is 19.1. The third-order valence-corrected chi connectivity index (χ3v) is 4.52. The van der Waals surface area contributed by atoms with Crippen LogP contribution in [0.1, 0.15) is 23.2 Å². The van der Waals surface area contributed by atoms with Gasteiger partial charge < -0.3 is 14.5 Å². The molecule has 124 valence electrons. The summed E-state index contributed by atoms with van der Waals surface area (Å²) in [5.74, 6) is -2.01. The molecule has 0 radical (unpaired) electrons. The number of halogens is 2. The Morgan fingerprint density at radius 1 is 1.26 bits per heavy atom. The van der Waals surface area contributed by atoms with E-state index in [0.29, 0.717) is 26.1 Å². The van der Waals surface area contributed by atoms with Crippen LogP contribution in [0.25, 0.3) is 0 Å². The Hall–Kier alpha value is -2.02. The first kappa shape index (κ1) is 15.9. The number of hydrogen-bond acceptors (Lipinski definition) is 3. The Morgan fingerprint density at radius 3 is 2.61 bits per heavy atom. The van der Waals surface area contributed by atoms with Crippen molar-refractivity contribution in [3.05, 3.63) is 35.4 Å². The molecule has 2 aliphatic rings. The second kappa shape index (κ2) is 6.23. The van der Waals surface area contributed by atoms with E-state index in [2.05, 4.69) is 0 Å². The number of fused-ring (bicyclic) bond motifs is 1. The zero-order valence-corrected chi connectivity index (χ0v) is 12.8. The van der Waals surface area contributed by atoms with Crippen LogP contribution >= 0.6 is 0 Å². The smallest absolute Gasteiger partial charge is 0.254 e. The lowest BCUT2D eigenvalue weighted by atomic mass is 10.1. The Kier molecular flexibility index (Phi) is 4.30. The van der Waals surface area contributed by atoms with Gasteiger partial charge in [0.25, 0.3) is 5.91 Å². The third-order valence-electron chi connectivity index (χ3n) is 4.52. The molecule has 23 heavy (non-hydrogen) atoms. The van der Waals surface area contributed by atoms with E-state index in [1.807, 2.05) is 0 Å². The fourth-order valence-electron chi connectivity index (χ4n) is 3.50. The van der Waals surface area contributed by atoms with Crippen LogP contribution in [-0.2, 0) is 9.53 Å². The normalized spacial score (nSPS) is 23.5. The van der Waals surface area contributed by atoms with E-state index in [0.717, 1.165) is 18.2 Å². The lowest BCUT2D eigenvalue weighted by molar-refractivity contribution is -0.129. The van der Waals surface area contributed by atoms with Gasteiger partial charge in [-0.05, 0) is 18.6 Å². The molecule has 2 saturated heterocycles. The number of nitrogens with zero attached hydrogens (tertiary/aromatic N) is 2. The van der Waals surface area contributed by atoms with Gasteiger partial charge in [-0.25, -0.2) is 8.78 Å². The van der Waals surface area contributed by atoms with Crippen molar-refractivity contribution in [1.82, 2.24) is 9.80 Å². The highest BCUT2D eigenvalue weighted by Gasteiger charge is 2.48. The van der Waals surface area contributed by atoms with Crippen LogP contribution in [0, 0.1) is 11.6 Å². The third kappa shape index (κ3) is 2.93. The van der Waals surface area contributed by atoms with Crippen molar-refractivity contribution >= 4 is 11.8 Å². The molecule has 0 spiro atoms. The summed E-state index contributed by atoms with van der Waals surface area (Å²) >= 11 is 0. The Bertz CT molecular complexity index is 618. The van der Waals surface area contributed by atoms with Crippen LogP contribution in [0.4, 0.5) is 8.78 Å². The first-order valence-electron chi connectivity index (χ1n) is 7.56. The Balaban J connectivity index is 1.78. The number of likely N-dealkylation sites (tertiary alicyclic amines) is 2. The molecule has 5 nitrogen and oxygen atoms in total. The number of benzene rings is 1. The molecule has 1 aromatic carbocycles. The van der Waals surface area contributed by atoms with E-state index in [4.69, 9.17) is 4.74 Å². The van der Waals surface area contributed by atoms with Crippen LogP contribution in [0.5, 0.6) is 0 Å². The molecule has 0 aromatic heterocycles. The summed E-state index contributed by atoms with van der Waals surface area (Å²) in [4.78, 5) is 28.0. The van der Waals surface area contributed by atoms with Crippen molar-refractivity contribution in [2.45, 2.75) is 24.9 Å². The molecule has 0 bridgehead atoms. The van der Waals surface area contributed by atoms with Crippen LogP contribution < -0.4 is 0 Å². The summed E-state index contributed by atoms with van der Waals surface area (Å²) in [5.41, 5.74) is -0.0223. The summed E-state index contributed by atoms with van der Waals surface area (Å²) in [7, 11) is 1.57. The van der Waals surface area contributed by atoms with Crippen molar-refractivity contribution in [3.63, 3.8) is 0 Å². The molecule has 0 N–H and O–H groups in total. The highest BCUT2D eigenvalue weighted by molar-refractivity contribution is 5.95. The van der Waals surface area contributed by atoms with Gasteiger partial charge in [0.05, 0.1) is 18.7 Å². The number of hydrogen-bond donors (Lipinski definition) is 0. The maximum Gasteiger partial charge on any atom is 0.254 e. The fourth-order valence-corrected chi connectivity index (χ4v) is 3.50. The molecule has 0 saturated carbocycles. The van der Waals surface area contributed by atoms with Crippen molar-refractivity contribution in [1.29, 1.82) is 0 Å². The average molecular weight is 324 g/mol. The topological polar surface area (TPSA) is 49.9 Å². The quantitative estimate of drug-likeness (QED) is 0.842. The molecule has 2 heterocycles. The van der Waals surface area contributed by atoms with E-state index in [-0.39, 0.29) is 30.0 Å². The maximum absolute atomic E-state index is 13.3. The first-order valence-corrected chi connectivity index (χ1v) is 7.56. The predicted molar refractivity (Wildman–Crippen MR) is 77.8 cm³/mol. The highest BCUT2D eigenvalue weighted by Crippen LogP contribution is 2.33. The van der Waals surface area contributed by atoms with Crippen LogP contribution in [0.3, 0.4) is 0 Å². The van der Waals surface area contributed by atoms with Gasteiger partial charge in [0.1, 0.15) is 11.6 Å². The minimum absolute atomic E-state index is 0.0139. The van der Waals surface area contributed by atoms with Gasteiger partial charge in [0, 0.05) is 38.2 Å². The van der Waals surface area contributed by atoms with Gasteiger partial charge in [0.15, 0.2) is 0 Å². The number of ether oxygens (including phenoxy) is 1. The number of amides is 2. The lowest BCUT2D eigenvalue weighted by Crippen LogP contribution is -2.40. The molecule has 2 fully saturated rings. The molecular weight excluding hydrogens is 306 g/mol. The molecule has 1 aromatic rings. The van der Waals surface area contributed by atoms with Crippen molar-refractivity contribution < 1.29 is 23.1 Å². The standard InChI is InChI=1S/C16H18F2N2O3/c1-23-5-4-19-13-2-3-20(14(13)9-15(19)21)16(22)10-6-11(17)8-12(18)7-10/h6-8,13-14H,2-5,9H2,1H3/t13-,14-/m1/s1. The minimum atomic E-state index is -0.784. The Labute approximate surface area is 132 Å². The first-order chi connectivity index (χ1) is 11.0. The van der Waals surface area contributed by atoms with E-state index in [1.165, 1.54) is 0 Å². The number of carbonyl (C=O) groups is 2. The second-order valence-corrected chi connectivity index (χ2v) is 5.86. The number of rotatable bonds is 4. The van der Waals surface area contributed by atoms with Crippen molar-refractivity contribution in [2.75, 3.05) is 26.8 Å². The van der Waals surface area contributed by atoms with E-state index < -0.39 is 17.5 Å². The molecule has 0 unspecified atom stereocenters. The van der Waals surface area contributed by atoms with Gasteiger partial charge in [-0.15, -0.1) is 0 Å². The summed E-state index contributed by atoms with van der Waals surface area (Å²) in [6.07, 6.45) is 0.918. The number of methoxy groups -OCH3 is 1. The average Bonchev–Trinajstić information content (AvgIpc) is 3.02. The second-order valence-electron chi connectivity index (χ2n) is 5.86. The van der Waals surface area contributed by atoms with Crippen LogP contribution in [0.2, 0.25) is 0 Å². The van der Waals surface area contributed by atoms with Gasteiger partial charge in [0.2, 0.25) is 5.91 Å². The van der Waals surface area contributed by atoms with Crippen molar-refractivity contribution in [2.24, 2.45) is 0 Å². The van der Waals surface area contributed by atoms with E-state index in [1.54, 1.807) is 16.9 Å². The SMILES string of the molecule is COCCN1C(=O)C[C@@H]2[C@H]1CCN2C(=O)c1cc(F)cc(F)c1. The largest absolute Gasteiger partial charge is 0.383 e. The monoisotopic (exact) mass is 324 g/mol. The maximum atomic E-state index is 13.3. The van der Waals surface area contributed by atoms with Gasteiger partial charge >= 0.3 is 0 Å². The number of carbonyl (C=O) groups excluding carboxylic acids is 2. The molecule has 3 rings (SSSR count). The summed E-state index contributed by atoms with van der Waals surface area (Å²) in [5, 5.41) is 0. The van der Waals surface area contributed by atoms with E-state index >= 15 is 0 Å². The Morgan fingerprint density at radius 2 is 1.96 bits per heavy atom. The molecule has 2 aliphatic heterocycles. The van der Waals surface area contributed by atoms with Gasteiger partial charge in [-0.2, -0.15) is 0 Å². The molecule has 0 aliphatic carbocycles.